The zero-order chi connectivity index (χ0) is 20.6. The molecule has 3 aliphatic carbocycles. The number of alkyl halides is 1. The van der Waals surface area contributed by atoms with E-state index in [1.807, 2.05) is 12.1 Å². The van der Waals surface area contributed by atoms with Gasteiger partial charge >= 0.3 is 5.97 Å². The molecule has 0 spiro atoms. The number of rotatable bonds is 6. The van der Waals surface area contributed by atoms with Gasteiger partial charge in [0.05, 0.1) is 6.61 Å². The highest BCUT2D eigenvalue weighted by molar-refractivity contribution is 5.65. The number of ether oxygens (including phenoxy) is 1. The van der Waals surface area contributed by atoms with Crippen LogP contribution >= 0.6 is 0 Å². The van der Waals surface area contributed by atoms with E-state index in [0.29, 0.717) is 36.5 Å². The highest BCUT2D eigenvalue weighted by Gasteiger charge is 2.56. The fraction of sp³-hybridized carbons (Fsp3) is 0.720. The number of phenolic OH excluding ortho intramolecular Hbond substituents is 1. The Kier molecular flexibility index (Phi) is 5.90. The minimum Gasteiger partial charge on any atom is -0.508 e. The fourth-order valence-electron chi connectivity index (χ4n) is 6.97. The molecular formula is C25H35FO3. The van der Waals surface area contributed by atoms with Gasteiger partial charge in [0.15, 0.2) is 0 Å². The van der Waals surface area contributed by atoms with Gasteiger partial charge < -0.3 is 9.84 Å². The molecule has 0 aromatic heterocycles. The number of aromatic hydroxyl groups is 1. The highest BCUT2D eigenvalue weighted by Crippen LogP contribution is 2.63. The van der Waals surface area contributed by atoms with E-state index >= 15 is 4.39 Å². The molecule has 4 heteroatoms. The van der Waals surface area contributed by atoms with Crippen LogP contribution in [-0.2, 0) is 16.0 Å². The molecule has 0 heterocycles. The maximum atomic E-state index is 15.6. The number of fused-ring (bicyclic) bond motifs is 5. The fourth-order valence-corrected chi connectivity index (χ4v) is 6.97. The number of esters is 1. The van der Waals surface area contributed by atoms with E-state index in [1.165, 1.54) is 26.2 Å². The second kappa shape index (κ2) is 8.28. The van der Waals surface area contributed by atoms with Crippen molar-refractivity contribution in [3.8, 4) is 5.75 Å². The lowest BCUT2D eigenvalue weighted by molar-refractivity contribution is -0.141. The van der Waals surface area contributed by atoms with Gasteiger partial charge in [0.25, 0.3) is 0 Å². The van der Waals surface area contributed by atoms with Crippen LogP contribution in [0.5, 0.6) is 5.75 Å². The molecule has 3 nitrogen and oxygen atoms in total. The number of halogens is 1. The molecule has 6 atom stereocenters. The van der Waals surface area contributed by atoms with Gasteiger partial charge in [-0.2, -0.15) is 0 Å². The highest BCUT2D eigenvalue weighted by atomic mass is 19.1. The Morgan fingerprint density at radius 2 is 2.14 bits per heavy atom. The van der Waals surface area contributed by atoms with E-state index in [4.69, 9.17) is 4.74 Å². The summed E-state index contributed by atoms with van der Waals surface area (Å²) in [7, 11) is 0. The van der Waals surface area contributed by atoms with Crippen LogP contribution in [0.25, 0.3) is 0 Å². The van der Waals surface area contributed by atoms with Crippen LogP contribution in [0.3, 0.4) is 0 Å². The van der Waals surface area contributed by atoms with Gasteiger partial charge in [-0.15, -0.1) is 0 Å². The Morgan fingerprint density at radius 1 is 1.31 bits per heavy atom. The Hall–Kier alpha value is -1.58. The molecule has 0 amide bonds. The van der Waals surface area contributed by atoms with E-state index in [9.17, 15) is 9.90 Å². The summed E-state index contributed by atoms with van der Waals surface area (Å²) in [5, 5.41) is 10.0. The van der Waals surface area contributed by atoms with Gasteiger partial charge in [-0.1, -0.05) is 32.3 Å². The molecule has 1 aromatic carbocycles. The zero-order valence-corrected chi connectivity index (χ0v) is 17.8. The topological polar surface area (TPSA) is 46.5 Å². The van der Waals surface area contributed by atoms with Crippen LogP contribution in [0.2, 0.25) is 0 Å². The molecule has 0 bridgehead atoms. The van der Waals surface area contributed by atoms with Crippen molar-refractivity contribution in [3.63, 3.8) is 0 Å². The van der Waals surface area contributed by atoms with Crippen molar-refractivity contribution in [2.45, 2.75) is 83.7 Å². The second-order valence-electron chi connectivity index (χ2n) is 10.0. The Labute approximate surface area is 174 Å². The number of hydrogen-bond acceptors (Lipinski definition) is 3. The molecule has 2 saturated carbocycles. The lowest BCUT2D eigenvalue weighted by Crippen LogP contribution is -2.48. The third-order valence-electron chi connectivity index (χ3n) is 8.13. The Morgan fingerprint density at radius 3 is 2.93 bits per heavy atom. The number of phenols is 1. The van der Waals surface area contributed by atoms with E-state index in [0.717, 1.165) is 43.2 Å². The monoisotopic (exact) mass is 402 g/mol. The van der Waals surface area contributed by atoms with E-state index in [2.05, 4.69) is 6.92 Å². The third kappa shape index (κ3) is 4.04. The number of carbonyl (C=O) groups is 1. The van der Waals surface area contributed by atoms with Gasteiger partial charge in [0.1, 0.15) is 11.9 Å². The van der Waals surface area contributed by atoms with Gasteiger partial charge in [-0.25, -0.2) is 4.39 Å². The first-order chi connectivity index (χ1) is 13.9. The van der Waals surface area contributed by atoms with Crippen molar-refractivity contribution in [2.24, 2.45) is 23.2 Å². The maximum absolute atomic E-state index is 15.6. The minimum atomic E-state index is -0.783. The van der Waals surface area contributed by atoms with Gasteiger partial charge in [0, 0.05) is 12.8 Å². The molecule has 0 unspecified atom stereocenters. The second-order valence-corrected chi connectivity index (χ2v) is 10.0. The summed E-state index contributed by atoms with van der Waals surface area (Å²) in [5.41, 5.74) is 2.46. The summed E-state index contributed by atoms with van der Waals surface area (Å²) in [4.78, 5) is 10.9. The molecule has 0 saturated heterocycles. The largest absolute Gasteiger partial charge is 0.508 e. The quantitative estimate of drug-likeness (QED) is 0.473. The first kappa shape index (κ1) is 20.7. The third-order valence-corrected chi connectivity index (χ3v) is 8.13. The van der Waals surface area contributed by atoms with Gasteiger partial charge in [-0.3, -0.25) is 4.79 Å². The van der Waals surface area contributed by atoms with Crippen LogP contribution < -0.4 is 0 Å². The van der Waals surface area contributed by atoms with E-state index in [-0.39, 0.29) is 17.3 Å². The van der Waals surface area contributed by atoms with Crippen LogP contribution in [0.4, 0.5) is 4.39 Å². The lowest BCUT2D eigenvalue weighted by Gasteiger charge is -2.53. The van der Waals surface area contributed by atoms with E-state index < -0.39 is 6.17 Å². The van der Waals surface area contributed by atoms with Crippen molar-refractivity contribution >= 4 is 5.97 Å². The summed E-state index contributed by atoms with van der Waals surface area (Å²) in [6.07, 6.45) is 8.60. The number of hydrogen-bond donors (Lipinski definition) is 1. The zero-order valence-electron chi connectivity index (χ0n) is 17.8. The molecular weight excluding hydrogens is 367 g/mol. The van der Waals surface area contributed by atoms with Crippen molar-refractivity contribution in [3.05, 3.63) is 29.3 Å². The van der Waals surface area contributed by atoms with Crippen LogP contribution in [0, 0.1) is 23.2 Å². The molecule has 1 aromatic rings. The van der Waals surface area contributed by atoms with Gasteiger partial charge in [0.2, 0.25) is 0 Å². The molecule has 1 N–H and O–H groups in total. The summed E-state index contributed by atoms with van der Waals surface area (Å²) in [5.74, 6) is 1.57. The normalized spacial score (nSPS) is 35.5. The van der Waals surface area contributed by atoms with Crippen LogP contribution in [-0.4, -0.2) is 23.9 Å². The Bertz CT molecular complexity index is 748. The first-order valence-corrected chi connectivity index (χ1v) is 11.5. The lowest BCUT2D eigenvalue weighted by atomic mass is 9.51. The predicted molar refractivity (Wildman–Crippen MR) is 112 cm³/mol. The molecule has 2 fully saturated rings. The van der Waals surface area contributed by atoms with Crippen molar-refractivity contribution < 1.29 is 19.0 Å². The van der Waals surface area contributed by atoms with Crippen LogP contribution in [0.15, 0.2) is 18.2 Å². The molecule has 0 aliphatic heterocycles. The molecule has 160 valence electrons. The minimum absolute atomic E-state index is 0.0124. The standard InChI is InChI=1S/C25H35FO3/c1-16(27)29-12-5-3-4-7-17-13-18-14-19(28)9-10-20(18)24-22(26)15-25(2)11-6-8-21(25)23(17)24/h9-10,14,17,21-24,28H,3-8,11-13,15H2,1-2H3/t17-,21+,22+,23+,24+,25+/m1/s1. The summed E-state index contributed by atoms with van der Waals surface area (Å²) in [6.45, 7) is 4.27. The van der Waals surface area contributed by atoms with Crippen molar-refractivity contribution in [1.82, 2.24) is 0 Å². The molecule has 29 heavy (non-hydrogen) atoms. The van der Waals surface area contributed by atoms with Crippen molar-refractivity contribution in [1.29, 1.82) is 0 Å². The summed E-state index contributed by atoms with van der Waals surface area (Å²) in [6, 6.07) is 5.59. The SMILES string of the molecule is CC(=O)OCCCCC[C@@H]1Cc2cc(O)ccc2[C@@H]2[C@@H]1[C@@H]1CCC[C@@]1(C)C[C@@H]2F. The average Bonchev–Trinajstić information content (AvgIpc) is 3.04. The smallest absolute Gasteiger partial charge is 0.302 e. The maximum Gasteiger partial charge on any atom is 0.302 e. The molecule has 4 rings (SSSR count). The van der Waals surface area contributed by atoms with E-state index in [1.54, 1.807) is 6.07 Å². The predicted octanol–water partition coefficient (Wildman–Crippen LogP) is 5.94. The summed E-state index contributed by atoms with van der Waals surface area (Å²) >= 11 is 0. The first-order valence-electron chi connectivity index (χ1n) is 11.5. The van der Waals surface area contributed by atoms with Gasteiger partial charge in [-0.05, 0) is 85.0 Å². The van der Waals surface area contributed by atoms with Crippen LogP contribution in [0.1, 0.15) is 82.3 Å². The number of carbonyl (C=O) groups excluding carboxylic acids is 1. The Balaban J connectivity index is 1.53. The average molecular weight is 403 g/mol. The number of unbranched alkanes of at least 4 members (excludes halogenated alkanes) is 2. The van der Waals surface area contributed by atoms with Crippen molar-refractivity contribution in [2.75, 3.05) is 6.61 Å². The number of benzene rings is 1. The molecule has 3 aliphatic rings. The molecule has 0 radical (unpaired) electrons. The summed E-state index contributed by atoms with van der Waals surface area (Å²) < 4.78 is 20.7.